The Morgan fingerprint density at radius 3 is 2.72 bits per heavy atom. The molecule has 1 heterocycles. The van der Waals surface area contributed by atoms with Crippen LogP contribution < -0.4 is 5.73 Å². The molecule has 1 aromatic carbocycles. The first kappa shape index (κ1) is 13.9. The topological polar surface area (TPSA) is 26.0 Å². The van der Waals surface area contributed by atoms with Crippen molar-refractivity contribution in [3.63, 3.8) is 0 Å². The summed E-state index contributed by atoms with van der Waals surface area (Å²) < 4.78 is 0.861. The number of rotatable bonds is 2. The molecule has 1 nitrogen and oxygen atoms in total. The first-order chi connectivity index (χ1) is 8.24. The molecule has 2 aromatic rings. The largest absolute Gasteiger partial charge is 0.327 e. The predicted molar refractivity (Wildman–Crippen MR) is 81.1 cm³/mol. The Labute approximate surface area is 122 Å². The zero-order valence-electron chi connectivity index (χ0n) is 9.80. The summed E-state index contributed by atoms with van der Waals surface area (Å²) >= 11 is 7.63. The smallest absolute Gasteiger partial charge is 0.0931 e. The van der Waals surface area contributed by atoms with E-state index in [1.54, 1.807) is 11.3 Å². The Morgan fingerprint density at radius 2 is 2.00 bits per heavy atom. The van der Waals surface area contributed by atoms with Crippen LogP contribution in [-0.2, 0) is 12.8 Å². The third-order valence-corrected chi connectivity index (χ3v) is 4.73. The number of nitrogens with two attached hydrogens (primary N) is 1. The highest BCUT2D eigenvalue weighted by atomic mass is 35.5. The molecule has 0 spiro atoms. The van der Waals surface area contributed by atoms with Crippen molar-refractivity contribution >= 4 is 35.3 Å². The summed E-state index contributed by atoms with van der Waals surface area (Å²) in [6, 6.07) is 12.9. The Hall–Kier alpha value is -0.540. The lowest BCUT2D eigenvalue weighted by Crippen LogP contribution is -2.26. The van der Waals surface area contributed by atoms with Gasteiger partial charge in [-0.05, 0) is 36.1 Å². The van der Waals surface area contributed by atoms with E-state index < -0.39 is 0 Å². The molecule has 0 saturated carbocycles. The molecule has 1 aliphatic rings. The zero-order chi connectivity index (χ0) is 11.8. The second kappa shape index (κ2) is 5.62. The van der Waals surface area contributed by atoms with Crippen LogP contribution in [0.15, 0.2) is 36.4 Å². The van der Waals surface area contributed by atoms with Gasteiger partial charge in [0, 0.05) is 16.8 Å². The van der Waals surface area contributed by atoms with Crippen LogP contribution in [0.1, 0.15) is 21.9 Å². The molecule has 0 aliphatic heterocycles. The minimum absolute atomic E-state index is 0. The molecule has 0 radical (unpaired) electrons. The summed E-state index contributed by atoms with van der Waals surface area (Å²) in [4.78, 5) is 1.33. The number of hydrogen-bond acceptors (Lipinski definition) is 2. The number of halogens is 2. The van der Waals surface area contributed by atoms with Crippen molar-refractivity contribution in [2.45, 2.75) is 24.8 Å². The van der Waals surface area contributed by atoms with E-state index in [1.165, 1.54) is 16.0 Å². The molecule has 18 heavy (non-hydrogen) atoms. The Kier molecular flexibility index (Phi) is 4.33. The van der Waals surface area contributed by atoms with Crippen molar-refractivity contribution in [1.82, 2.24) is 0 Å². The molecule has 0 bridgehead atoms. The van der Waals surface area contributed by atoms with Crippen LogP contribution in [0.2, 0.25) is 4.34 Å². The van der Waals surface area contributed by atoms with Gasteiger partial charge in [0.1, 0.15) is 0 Å². The van der Waals surface area contributed by atoms with Crippen LogP contribution >= 0.6 is 35.3 Å². The lowest BCUT2D eigenvalue weighted by molar-refractivity contribution is 0.574. The van der Waals surface area contributed by atoms with Gasteiger partial charge in [0.2, 0.25) is 0 Å². The fourth-order valence-electron chi connectivity index (χ4n) is 2.65. The molecule has 0 saturated heterocycles. The average Bonchev–Trinajstić information content (AvgIpc) is 2.85. The van der Waals surface area contributed by atoms with Gasteiger partial charge in [0.15, 0.2) is 0 Å². The summed E-state index contributed by atoms with van der Waals surface area (Å²) in [5.41, 5.74) is 9.09. The Bertz CT molecular complexity index is 538. The van der Waals surface area contributed by atoms with Crippen molar-refractivity contribution in [2.75, 3.05) is 0 Å². The third-order valence-electron chi connectivity index (χ3n) is 3.48. The van der Waals surface area contributed by atoms with E-state index in [9.17, 15) is 0 Å². The fourth-order valence-corrected chi connectivity index (χ4v) is 3.79. The van der Waals surface area contributed by atoms with Gasteiger partial charge in [0.25, 0.3) is 0 Å². The van der Waals surface area contributed by atoms with E-state index in [0.717, 1.165) is 17.2 Å². The van der Waals surface area contributed by atoms with Crippen LogP contribution in [0.4, 0.5) is 0 Å². The second-order valence-corrected chi connectivity index (χ2v) is 6.38. The highest BCUT2D eigenvalue weighted by Gasteiger charge is 2.29. The summed E-state index contributed by atoms with van der Waals surface area (Å²) in [6.07, 6.45) is 2.01. The van der Waals surface area contributed by atoms with Gasteiger partial charge >= 0.3 is 0 Å². The molecule has 1 aliphatic carbocycles. The maximum Gasteiger partial charge on any atom is 0.0931 e. The Balaban J connectivity index is 0.00000120. The molecule has 1 aromatic heterocycles. The quantitative estimate of drug-likeness (QED) is 0.890. The molecular formula is C14H15Cl2NS. The summed E-state index contributed by atoms with van der Waals surface area (Å²) in [5.74, 6) is 0.445. The van der Waals surface area contributed by atoms with Crippen molar-refractivity contribution in [2.24, 2.45) is 5.73 Å². The van der Waals surface area contributed by atoms with Gasteiger partial charge in [-0.25, -0.2) is 0 Å². The van der Waals surface area contributed by atoms with E-state index in [0.29, 0.717) is 5.92 Å². The van der Waals surface area contributed by atoms with Gasteiger partial charge in [-0.3, -0.25) is 0 Å². The van der Waals surface area contributed by atoms with E-state index in [1.807, 2.05) is 6.07 Å². The van der Waals surface area contributed by atoms with Crippen molar-refractivity contribution < 1.29 is 0 Å². The SMILES string of the molecule is Cl.N[C@@H]1Cc2ccccc2[C@H]1Cc1ccc(Cl)s1. The predicted octanol–water partition coefficient (Wildman–Crippen LogP) is 4.03. The molecule has 0 unspecified atom stereocenters. The normalized spacial score (nSPS) is 21.4. The molecule has 0 fully saturated rings. The highest BCUT2D eigenvalue weighted by molar-refractivity contribution is 7.16. The standard InChI is InChI=1S/C14H14ClNS.ClH/c15-14-6-5-10(17-14)8-12-11-4-2-1-3-9(11)7-13(12)16;/h1-6,12-13H,7-8,16H2;1H/t12-,13-;/m1./s1. The van der Waals surface area contributed by atoms with E-state index in [2.05, 4.69) is 30.3 Å². The lowest BCUT2D eigenvalue weighted by Gasteiger charge is -2.15. The molecular weight excluding hydrogens is 285 g/mol. The van der Waals surface area contributed by atoms with E-state index >= 15 is 0 Å². The number of benzene rings is 1. The summed E-state index contributed by atoms with van der Waals surface area (Å²) in [5, 5.41) is 0. The monoisotopic (exact) mass is 299 g/mol. The zero-order valence-corrected chi connectivity index (χ0v) is 12.2. The molecule has 0 amide bonds. The highest BCUT2D eigenvalue weighted by Crippen LogP contribution is 2.36. The van der Waals surface area contributed by atoms with Crippen LogP contribution in [-0.4, -0.2) is 6.04 Å². The van der Waals surface area contributed by atoms with Crippen molar-refractivity contribution in [3.05, 3.63) is 56.7 Å². The van der Waals surface area contributed by atoms with Crippen molar-refractivity contribution in [1.29, 1.82) is 0 Å². The third kappa shape index (κ3) is 2.57. The van der Waals surface area contributed by atoms with Gasteiger partial charge in [-0.1, -0.05) is 35.9 Å². The minimum Gasteiger partial charge on any atom is -0.327 e. The van der Waals surface area contributed by atoms with E-state index in [4.69, 9.17) is 17.3 Å². The van der Waals surface area contributed by atoms with Gasteiger partial charge in [-0.15, -0.1) is 23.7 Å². The molecule has 2 atom stereocenters. The Morgan fingerprint density at radius 1 is 1.22 bits per heavy atom. The maximum absolute atomic E-state index is 6.26. The van der Waals surface area contributed by atoms with Crippen LogP contribution in [0.3, 0.4) is 0 Å². The van der Waals surface area contributed by atoms with Crippen LogP contribution in [0.5, 0.6) is 0 Å². The maximum atomic E-state index is 6.26. The van der Waals surface area contributed by atoms with Crippen molar-refractivity contribution in [3.8, 4) is 0 Å². The van der Waals surface area contributed by atoms with Crippen LogP contribution in [0, 0.1) is 0 Å². The molecule has 96 valence electrons. The first-order valence-corrected chi connectivity index (χ1v) is 7.01. The summed E-state index contributed by atoms with van der Waals surface area (Å²) in [6.45, 7) is 0. The fraction of sp³-hybridized carbons (Fsp3) is 0.286. The average molecular weight is 300 g/mol. The number of hydrogen-bond donors (Lipinski definition) is 1. The lowest BCUT2D eigenvalue weighted by atomic mass is 9.94. The van der Waals surface area contributed by atoms with Gasteiger partial charge in [0.05, 0.1) is 4.34 Å². The molecule has 4 heteroatoms. The number of fused-ring (bicyclic) bond motifs is 1. The number of thiophene rings is 1. The summed E-state index contributed by atoms with van der Waals surface area (Å²) in [7, 11) is 0. The molecule has 3 rings (SSSR count). The van der Waals surface area contributed by atoms with E-state index in [-0.39, 0.29) is 18.4 Å². The van der Waals surface area contributed by atoms with Gasteiger partial charge in [-0.2, -0.15) is 0 Å². The minimum atomic E-state index is 0. The molecule has 2 N–H and O–H groups in total. The second-order valence-electron chi connectivity index (χ2n) is 4.58. The van der Waals surface area contributed by atoms with Crippen LogP contribution in [0.25, 0.3) is 0 Å². The first-order valence-electron chi connectivity index (χ1n) is 5.81. The van der Waals surface area contributed by atoms with Gasteiger partial charge < -0.3 is 5.73 Å².